The molecule has 176 valence electrons. The molecule has 0 atom stereocenters. The van der Waals surface area contributed by atoms with Crippen LogP contribution in [0.1, 0.15) is 54.5 Å². The second kappa shape index (κ2) is 9.30. The number of rotatable bonds is 6. The molecule has 2 amide bonds. The predicted octanol–water partition coefficient (Wildman–Crippen LogP) is 5.66. The van der Waals surface area contributed by atoms with Gasteiger partial charge in [-0.1, -0.05) is 11.6 Å². The molecule has 0 aliphatic rings. The van der Waals surface area contributed by atoms with Gasteiger partial charge in [0.1, 0.15) is 5.69 Å². The van der Waals surface area contributed by atoms with Crippen molar-refractivity contribution in [3.8, 4) is 11.5 Å². The minimum Gasteiger partial charge on any atom is -0.463 e. The number of halogens is 1. The van der Waals surface area contributed by atoms with Crippen molar-refractivity contribution in [2.45, 2.75) is 39.8 Å². The van der Waals surface area contributed by atoms with E-state index >= 15 is 0 Å². The van der Waals surface area contributed by atoms with E-state index in [2.05, 4.69) is 10.4 Å². The first-order chi connectivity index (χ1) is 16.2. The maximum absolute atomic E-state index is 13.4. The molecule has 0 spiro atoms. The van der Waals surface area contributed by atoms with Gasteiger partial charge in [-0.2, -0.15) is 5.10 Å². The van der Waals surface area contributed by atoms with Crippen LogP contribution < -0.4 is 5.32 Å². The molecule has 0 saturated heterocycles. The van der Waals surface area contributed by atoms with Crippen LogP contribution in [0.2, 0.25) is 5.02 Å². The van der Waals surface area contributed by atoms with Crippen LogP contribution in [-0.2, 0) is 0 Å². The Hall–Kier alpha value is -3.65. The zero-order valence-corrected chi connectivity index (χ0v) is 20.4. The van der Waals surface area contributed by atoms with E-state index in [1.165, 1.54) is 0 Å². The fraction of sp³-hybridized carbons (Fsp3) is 0.280. The van der Waals surface area contributed by atoms with Gasteiger partial charge < -0.3 is 14.6 Å². The van der Waals surface area contributed by atoms with Gasteiger partial charge in [0.05, 0.1) is 34.1 Å². The van der Waals surface area contributed by atoms with E-state index in [0.717, 1.165) is 0 Å². The number of carbonyl (C=O) groups excluding carboxylic acids is 2. The van der Waals surface area contributed by atoms with Crippen LogP contribution in [0, 0.1) is 0 Å². The van der Waals surface area contributed by atoms with Gasteiger partial charge in [0.2, 0.25) is 0 Å². The summed E-state index contributed by atoms with van der Waals surface area (Å²) in [5, 5.41) is 8.21. The highest BCUT2D eigenvalue weighted by molar-refractivity contribution is 6.34. The fourth-order valence-electron chi connectivity index (χ4n) is 3.52. The smallest absolute Gasteiger partial charge is 0.256 e. The Bertz CT molecular complexity index is 1360. The van der Waals surface area contributed by atoms with Crippen LogP contribution in [-0.4, -0.2) is 44.6 Å². The van der Waals surface area contributed by atoms with E-state index in [4.69, 9.17) is 21.0 Å². The van der Waals surface area contributed by atoms with Gasteiger partial charge in [-0.25, -0.2) is 9.67 Å². The topological polar surface area (TPSA) is 93.3 Å². The monoisotopic (exact) mass is 479 g/mol. The second-order valence-electron chi connectivity index (χ2n) is 8.61. The molecular weight excluding hydrogens is 454 g/mol. The summed E-state index contributed by atoms with van der Waals surface area (Å²) in [6, 6.07) is 10.1. The van der Waals surface area contributed by atoms with Crippen LogP contribution >= 0.6 is 11.6 Å². The third-order valence-corrected chi connectivity index (χ3v) is 5.96. The van der Waals surface area contributed by atoms with E-state index in [1.54, 1.807) is 65.5 Å². The maximum Gasteiger partial charge on any atom is 0.256 e. The molecule has 0 radical (unpaired) electrons. The summed E-state index contributed by atoms with van der Waals surface area (Å²) < 4.78 is 7.27. The number of anilines is 1. The first-order valence-electron chi connectivity index (χ1n) is 11.0. The number of nitrogens with zero attached hydrogens (tertiary/aromatic N) is 4. The highest BCUT2D eigenvalue weighted by atomic mass is 35.5. The predicted molar refractivity (Wildman–Crippen MR) is 132 cm³/mol. The molecule has 3 aromatic heterocycles. The second-order valence-corrected chi connectivity index (χ2v) is 9.02. The van der Waals surface area contributed by atoms with Crippen molar-refractivity contribution >= 4 is 40.1 Å². The summed E-state index contributed by atoms with van der Waals surface area (Å²) in [7, 11) is 1.73. The number of pyridine rings is 1. The average Bonchev–Trinajstić information content (AvgIpc) is 3.48. The number of nitrogens with one attached hydrogen (secondary N) is 1. The van der Waals surface area contributed by atoms with Gasteiger partial charge in [0.25, 0.3) is 11.8 Å². The maximum atomic E-state index is 13.4. The minimum absolute atomic E-state index is 0.0313. The fourth-order valence-corrected chi connectivity index (χ4v) is 3.68. The summed E-state index contributed by atoms with van der Waals surface area (Å²) in [6.07, 6.45) is 3.18. The Morgan fingerprint density at radius 1 is 1.15 bits per heavy atom. The highest BCUT2D eigenvalue weighted by Crippen LogP contribution is 2.29. The van der Waals surface area contributed by atoms with Gasteiger partial charge in [0, 0.05) is 24.7 Å². The Kier molecular flexibility index (Phi) is 6.43. The lowest BCUT2D eigenvalue weighted by Crippen LogP contribution is -2.33. The SMILES string of the molecule is CC(C)N(C)C(=O)c1ccc(Cl)c(NC(=O)c2cc(-c3ccco3)nc3c2cnn3C(C)C)c1. The summed E-state index contributed by atoms with van der Waals surface area (Å²) in [5.74, 6) is -0.0196. The molecule has 0 unspecified atom stereocenters. The largest absolute Gasteiger partial charge is 0.463 e. The van der Waals surface area contributed by atoms with Crippen LogP contribution in [0.25, 0.3) is 22.5 Å². The van der Waals surface area contributed by atoms with Gasteiger partial charge in [-0.15, -0.1) is 0 Å². The number of carbonyl (C=O) groups is 2. The molecule has 4 aromatic rings. The van der Waals surface area contributed by atoms with Gasteiger partial charge >= 0.3 is 0 Å². The number of furan rings is 1. The van der Waals surface area contributed by atoms with Crippen molar-refractivity contribution in [1.29, 1.82) is 0 Å². The number of hydrogen-bond acceptors (Lipinski definition) is 5. The number of fused-ring (bicyclic) bond motifs is 1. The third-order valence-electron chi connectivity index (χ3n) is 5.63. The van der Waals surface area contributed by atoms with E-state index in [-0.39, 0.29) is 18.0 Å². The molecule has 8 nitrogen and oxygen atoms in total. The number of aromatic nitrogens is 3. The zero-order valence-electron chi connectivity index (χ0n) is 19.7. The first-order valence-corrected chi connectivity index (χ1v) is 11.4. The van der Waals surface area contributed by atoms with E-state index in [0.29, 0.717) is 44.3 Å². The molecule has 0 fully saturated rings. The molecule has 0 saturated carbocycles. The summed E-state index contributed by atoms with van der Waals surface area (Å²) >= 11 is 6.37. The van der Waals surface area contributed by atoms with Crippen LogP contribution in [0.15, 0.2) is 53.3 Å². The summed E-state index contributed by atoms with van der Waals surface area (Å²) in [4.78, 5) is 32.5. The summed E-state index contributed by atoms with van der Waals surface area (Å²) in [5.41, 5.74) is 2.23. The lowest BCUT2D eigenvalue weighted by Gasteiger charge is -2.22. The van der Waals surface area contributed by atoms with Gasteiger partial charge in [0.15, 0.2) is 11.4 Å². The molecular formula is C25H26ClN5O3. The van der Waals surface area contributed by atoms with Crippen molar-refractivity contribution in [3.05, 3.63) is 65.0 Å². The summed E-state index contributed by atoms with van der Waals surface area (Å²) in [6.45, 7) is 7.84. The van der Waals surface area contributed by atoms with E-state index in [1.807, 2.05) is 27.7 Å². The van der Waals surface area contributed by atoms with Crippen molar-refractivity contribution < 1.29 is 14.0 Å². The Balaban J connectivity index is 1.75. The number of amides is 2. The van der Waals surface area contributed by atoms with Crippen molar-refractivity contribution in [2.24, 2.45) is 0 Å². The van der Waals surface area contributed by atoms with Crippen molar-refractivity contribution in [2.75, 3.05) is 12.4 Å². The quantitative estimate of drug-likeness (QED) is 0.385. The zero-order chi connectivity index (χ0) is 24.6. The van der Waals surface area contributed by atoms with Gasteiger partial charge in [-0.05, 0) is 64.1 Å². The van der Waals surface area contributed by atoms with E-state index < -0.39 is 5.91 Å². The minimum atomic E-state index is -0.396. The molecule has 4 rings (SSSR count). The van der Waals surface area contributed by atoms with Crippen LogP contribution in [0.4, 0.5) is 5.69 Å². The van der Waals surface area contributed by atoms with Crippen molar-refractivity contribution in [1.82, 2.24) is 19.7 Å². The van der Waals surface area contributed by atoms with Crippen LogP contribution in [0.5, 0.6) is 0 Å². The standard InChI is InChI=1S/C25H26ClN5O3/c1-14(2)30(5)25(33)16-8-9-19(26)20(11-16)29-24(32)17-12-21(22-7-6-10-34-22)28-23-18(17)13-27-31(23)15(3)4/h6-15H,1-5H3,(H,29,32). The van der Waals surface area contributed by atoms with Gasteiger partial charge in [-0.3, -0.25) is 9.59 Å². The average molecular weight is 480 g/mol. The Labute approximate surface area is 202 Å². The number of benzene rings is 1. The molecule has 1 aromatic carbocycles. The Morgan fingerprint density at radius 3 is 2.56 bits per heavy atom. The normalized spacial score (nSPS) is 11.4. The van der Waals surface area contributed by atoms with Crippen molar-refractivity contribution in [3.63, 3.8) is 0 Å². The molecule has 0 aliphatic heterocycles. The lowest BCUT2D eigenvalue weighted by molar-refractivity contribution is 0.0754. The lowest BCUT2D eigenvalue weighted by atomic mass is 10.1. The molecule has 1 N–H and O–H groups in total. The molecule has 3 heterocycles. The number of hydrogen-bond donors (Lipinski definition) is 1. The third kappa shape index (κ3) is 4.41. The molecule has 34 heavy (non-hydrogen) atoms. The Morgan fingerprint density at radius 2 is 1.91 bits per heavy atom. The molecule has 9 heteroatoms. The molecule has 0 bridgehead atoms. The highest BCUT2D eigenvalue weighted by Gasteiger charge is 2.21. The van der Waals surface area contributed by atoms with Crippen LogP contribution in [0.3, 0.4) is 0 Å². The first kappa shape index (κ1) is 23.5. The van der Waals surface area contributed by atoms with E-state index in [9.17, 15) is 9.59 Å². The molecule has 0 aliphatic carbocycles.